The van der Waals surface area contributed by atoms with Gasteiger partial charge in [0.2, 0.25) is 0 Å². The number of nitrogens with one attached hydrogen (secondary N) is 1. The highest BCUT2D eigenvalue weighted by molar-refractivity contribution is 6.08. The van der Waals surface area contributed by atoms with Gasteiger partial charge in [-0.3, -0.25) is 9.59 Å². The molecule has 0 saturated heterocycles. The number of pyridine rings is 1. The number of halogens is 3. The van der Waals surface area contributed by atoms with E-state index in [-0.39, 0.29) is 11.4 Å². The molecule has 1 aromatic carbocycles. The van der Waals surface area contributed by atoms with Crippen LogP contribution in [0.3, 0.4) is 0 Å². The van der Waals surface area contributed by atoms with Gasteiger partial charge in [-0.15, -0.1) is 0 Å². The van der Waals surface area contributed by atoms with Crippen molar-refractivity contribution in [2.45, 2.75) is 12.6 Å². The molecule has 29 heavy (non-hydrogen) atoms. The van der Waals surface area contributed by atoms with Crippen LogP contribution in [0.25, 0.3) is 5.69 Å². The summed E-state index contributed by atoms with van der Waals surface area (Å²) < 4.78 is 39.8. The van der Waals surface area contributed by atoms with Crippen molar-refractivity contribution in [3.63, 3.8) is 0 Å². The Hall–Kier alpha value is -4.00. The Morgan fingerprint density at radius 2 is 1.83 bits per heavy atom. The molecule has 1 N–H and O–H groups in total. The maximum absolute atomic E-state index is 12.8. The number of nitrogens with zero attached hydrogens (tertiary/aromatic N) is 4. The van der Waals surface area contributed by atoms with Crippen molar-refractivity contribution in [1.29, 1.82) is 5.26 Å². The molecule has 0 saturated carbocycles. The fraction of sp³-hybridized carbons (Fsp3) is 0.105. The number of amides is 1. The number of ketones is 1. The first-order chi connectivity index (χ1) is 13.8. The number of benzene rings is 1. The molecular weight excluding hydrogens is 387 g/mol. The van der Waals surface area contributed by atoms with Crippen molar-refractivity contribution in [2.75, 3.05) is 5.32 Å². The summed E-state index contributed by atoms with van der Waals surface area (Å²) in [6.45, 7) is 0. The number of nitriles is 1. The van der Waals surface area contributed by atoms with E-state index in [0.29, 0.717) is 5.69 Å². The molecule has 0 bridgehead atoms. The topological polar surface area (TPSA) is 101 Å². The van der Waals surface area contributed by atoms with Crippen molar-refractivity contribution in [3.05, 3.63) is 71.8 Å². The third kappa shape index (κ3) is 4.47. The Bertz CT molecular complexity index is 1100. The molecule has 0 unspecified atom stereocenters. The molecule has 0 aliphatic carbocycles. The van der Waals surface area contributed by atoms with Crippen LogP contribution < -0.4 is 5.32 Å². The fourth-order valence-electron chi connectivity index (χ4n) is 2.45. The minimum atomic E-state index is -4.71. The molecular formula is C19H12F3N5O2. The number of anilines is 1. The average Bonchev–Trinajstić information content (AvgIpc) is 3.12. The summed E-state index contributed by atoms with van der Waals surface area (Å²) in [6.07, 6.45) is -3.84. The SMILES string of the molecule is N#CCC(=O)c1nn(-c2ccccc2)cc1NC(=O)c1cccc(C(F)(F)F)n1. The van der Waals surface area contributed by atoms with Crippen LogP contribution in [0.15, 0.2) is 54.7 Å². The number of rotatable bonds is 5. The highest BCUT2D eigenvalue weighted by atomic mass is 19.4. The Morgan fingerprint density at radius 1 is 1.10 bits per heavy atom. The first-order valence-electron chi connectivity index (χ1n) is 8.20. The zero-order valence-electron chi connectivity index (χ0n) is 14.6. The maximum atomic E-state index is 12.8. The Kier molecular flexibility index (Phi) is 5.40. The summed E-state index contributed by atoms with van der Waals surface area (Å²) in [5.74, 6) is -1.59. The largest absolute Gasteiger partial charge is 0.433 e. The van der Waals surface area contributed by atoms with E-state index < -0.39 is 35.7 Å². The molecule has 3 aromatic rings. The van der Waals surface area contributed by atoms with E-state index in [2.05, 4.69) is 15.4 Å². The third-order valence-electron chi connectivity index (χ3n) is 3.76. The minimum Gasteiger partial charge on any atom is -0.317 e. The van der Waals surface area contributed by atoms with Gasteiger partial charge >= 0.3 is 6.18 Å². The van der Waals surface area contributed by atoms with Gasteiger partial charge in [0.1, 0.15) is 17.8 Å². The molecule has 146 valence electrons. The lowest BCUT2D eigenvalue weighted by Gasteiger charge is -2.08. The van der Waals surface area contributed by atoms with Crippen molar-refractivity contribution in [3.8, 4) is 11.8 Å². The van der Waals surface area contributed by atoms with Crippen LogP contribution in [0.2, 0.25) is 0 Å². The Balaban J connectivity index is 1.95. The fourth-order valence-corrected chi connectivity index (χ4v) is 2.45. The van der Waals surface area contributed by atoms with Crippen LogP contribution in [0.4, 0.5) is 18.9 Å². The average molecular weight is 399 g/mol. The van der Waals surface area contributed by atoms with Crippen molar-refractivity contribution in [2.24, 2.45) is 0 Å². The zero-order valence-corrected chi connectivity index (χ0v) is 14.6. The van der Waals surface area contributed by atoms with Gasteiger partial charge < -0.3 is 5.32 Å². The van der Waals surface area contributed by atoms with Crippen LogP contribution >= 0.6 is 0 Å². The van der Waals surface area contributed by atoms with Crippen LogP contribution in [0, 0.1) is 11.3 Å². The Morgan fingerprint density at radius 3 is 2.48 bits per heavy atom. The van der Waals surface area contributed by atoms with Gasteiger partial charge in [-0.1, -0.05) is 24.3 Å². The van der Waals surface area contributed by atoms with E-state index in [4.69, 9.17) is 5.26 Å². The normalized spacial score (nSPS) is 11.0. The summed E-state index contributed by atoms with van der Waals surface area (Å²) in [5, 5.41) is 15.2. The van der Waals surface area contributed by atoms with Gasteiger partial charge in [0, 0.05) is 0 Å². The molecule has 0 aliphatic heterocycles. The lowest BCUT2D eigenvalue weighted by molar-refractivity contribution is -0.141. The highest BCUT2D eigenvalue weighted by Gasteiger charge is 2.33. The highest BCUT2D eigenvalue weighted by Crippen LogP contribution is 2.27. The van der Waals surface area contributed by atoms with Gasteiger partial charge in [-0.2, -0.15) is 23.5 Å². The van der Waals surface area contributed by atoms with Crippen LogP contribution in [0.5, 0.6) is 0 Å². The quantitative estimate of drug-likeness (QED) is 0.660. The second kappa shape index (κ2) is 7.93. The molecule has 0 spiro atoms. The van der Waals surface area contributed by atoms with Gasteiger partial charge in [0.05, 0.1) is 23.6 Å². The van der Waals surface area contributed by atoms with E-state index in [9.17, 15) is 22.8 Å². The van der Waals surface area contributed by atoms with E-state index >= 15 is 0 Å². The molecule has 7 nitrogen and oxygen atoms in total. The summed E-state index contributed by atoms with van der Waals surface area (Å²) in [6, 6.07) is 13.3. The zero-order chi connectivity index (χ0) is 21.0. The number of alkyl halides is 3. The second-order valence-electron chi connectivity index (χ2n) is 5.79. The number of hydrogen-bond acceptors (Lipinski definition) is 5. The number of aromatic nitrogens is 3. The van der Waals surface area contributed by atoms with E-state index in [1.54, 1.807) is 36.4 Å². The Labute approximate surface area is 162 Å². The van der Waals surface area contributed by atoms with Crippen LogP contribution in [-0.2, 0) is 6.18 Å². The number of carbonyl (C=O) groups excluding carboxylic acids is 2. The smallest absolute Gasteiger partial charge is 0.317 e. The number of Topliss-reactive ketones (excluding diaryl/α,β-unsaturated/α-hetero) is 1. The third-order valence-corrected chi connectivity index (χ3v) is 3.76. The van der Waals surface area contributed by atoms with Gasteiger partial charge in [-0.25, -0.2) is 9.67 Å². The molecule has 0 fully saturated rings. The van der Waals surface area contributed by atoms with Gasteiger partial charge in [-0.05, 0) is 24.3 Å². The van der Waals surface area contributed by atoms with Crippen molar-refractivity contribution >= 4 is 17.4 Å². The first kappa shape index (κ1) is 19.8. The van der Waals surface area contributed by atoms with E-state index in [1.165, 1.54) is 10.9 Å². The van der Waals surface area contributed by atoms with Gasteiger partial charge in [0.25, 0.3) is 5.91 Å². The predicted molar refractivity (Wildman–Crippen MR) is 95.3 cm³/mol. The van der Waals surface area contributed by atoms with E-state index in [0.717, 1.165) is 18.2 Å². The summed E-state index contributed by atoms with van der Waals surface area (Å²) in [7, 11) is 0. The standard InChI is InChI=1S/C19H12F3N5O2/c20-19(21,22)16-8-4-7-13(24-16)18(29)25-14-11-27(12-5-2-1-3-6-12)26-17(14)15(28)9-10-23/h1-8,11H,9H2,(H,25,29). The molecule has 2 heterocycles. The molecule has 1 amide bonds. The second-order valence-corrected chi connectivity index (χ2v) is 5.79. The minimum absolute atomic E-state index is 0.0432. The molecule has 2 aromatic heterocycles. The lowest BCUT2D eigenvalue weighted by atomic mass is 10.2. The van der Waals surface area contributed by atoms with E-state index in [1.807, 2.05) is 0 Å². The van der Waals surface area contributed by atoms with Crippen molar-refractivity contribution in [1.82, 2.24) is 14.8 Å². The monoisotopic (exact) mass is 399 g/mol. The summed E-state index contributed by atoms with van der Waals surface area (Å²) in [5.41, 5.74) is -1.35. The molecule has 3 rings (SSSR count). The molecule has 10 heteroatoms. The summed E-state index contributed by atoms with van der Waals surface area (Å²) >= 11 is 0. The van der Waals surface area contributed by atoms with Gasteiger partial charge in [0.15, 0.2) is 11.5 Å². The number of carbonyl (C=O) groups is 2. The molecule has 0 atom stereocenters. The predicted octanol–water partition coefficient (Wildman–Crippen LogP) is 3.63. The van der Waals surface area contributed by atoms with Crippen LogP contribution in [0.1, 0.15) is 33.1 Å². The van der Waals surface area contributed by atoms with Crippen molar-refractivity contribution < 1.29 is 22.8 Å². The first-order valence-corrected chi connectivity index (χ1v) is 8.20. The molecule has 0 aliphatic rings. The molecule has 0 radical (unpaired) electrons. The maximum Gasteiger partial charge on any atom is 0.433 e. The van der Waals surface area contributed by atoms with Crippen LogP contribution in [-0.4, -0.2) is 26.5 Å². The lowest BCUT2D eigenvalue weighted by Crippen LogP contribution is -2.18. The number of hydrogen-bond donors (Lipinski definition) is 1. The summed E-state index contributed by atoms with van der Waals surface area (Å²) in [4.78, 5) is 27.9. The number of para-hydroxylation sites is 1.